The fourth-order valence-corrected chi connectivity index (χ4v) is 5.65. The molecule has 1 saturated heterocycles. The summed E-state index contributed by atoms with van der Waals surface area (Å²) < 4.78 is 32.3. The lowest BCUT2D eigenvalue weighted by Crippen LogP contribution is -2.38. The van der Waals surface area contributed by atoms with Gasteiger partial charge in [0.1, 0.15) is 5.75 Å². The Balaban J connectivity index is 1.26. The lowest BCUT2D eigenvalue weighted by Gasteiger charge is -2.28. The molecular weight excluding hydrogens is 458 g/mol. The van der Waals surface area contributed by atoms with Gasteiger partial charge < -0.3 is 10.1 Å². The van der Waals surface area contributed by atoms with Crippen LogP contribution in [0, 0.1) is 0 Å². The maximum absolute atomic E-state index is 12.8. The first-order valence-electron chi connectivity index (χ1n) is 11.2. The summed E-state index contributed by atoms with van der Waals surface area (Å²) in [6, 6.07) is 11.9. The van der Waals surface area contributed by atoms with Crippen molar-refractivity contribution in [3.63, 3.8) is 0 Å². The number of hydrogen-bond acceptors (Lipinski definition) is 6. The molecular formula is C24H27N3O6S. The van der Waals surface area contributed by atoms with E-state index in [1.54, 1.807) is 31.4 Å². The summed E-state index contributed by atoms with van der Waals surface area (Å²) in [7, 11) is -1.84. The van der Waals surface area contributed by atoms with E-state index in [0.29, 0.717) is 30.8 Å². The van der Waals surface area contributed by atoms with Crippen LogP contribution in [0.3, 0.4) is 0 Å². The molecule has 0 radical (unpaired) electrons. The maximum Gasteiger partial charge on any atom is 0.251 e. The number of rotatable bonds is 8. The van der Waals surface area contributed by atoms with Crippen molar-refractivity contribution in [2.75, 3.05) is 30.9 Å². The van der Waals surface area contributed by atoms with Crippen molar-refractivity contribution in [3.05, 3.63) is 59.2 Å². The van der Waals surface area contributed by atoms with Crippen molar-refractivity contribution in [1.82, 2.24) is 9.62 Å². The summed E-state index contributed by atoms with van der Waals surface area (Å²) in [5.74, 6) is -0.139. The molecule has 180 valence electrons. The van der Waals surface area contributed by atoms with Gasteiger partial charge in [0.05, 0.1) is 18.6 Å². The fraction of sp³-hybridized carbons (Fsp3) is 0.375. The van der Waals surface area contributed by atoms with Gasteiger partial charge in [0, 0.05) is 38.0 Å². The van der Waals surface area contributed by atoms with Crippen molar-refractivity contribution in [3.8, 4) is 5.75 Å². The van der Waals surface area contributed by atoms with Crippen LogP contribution < -0.4 is 15.0 Å². The summed E-state index contributed by atoms with van der Waals surface area (Å²) in [6.45, 7) is 0.968. The van der Waals surface area contributed by atoms with Gasteiger partial charge in [-0.05, 0) is 60.4 Å². The van der Waals surface area contributed by atoms with Crippen molar-refractivity contribution < 1.29 is 27.5 Å². The topological polar surface area (TPSA) is 113 Å². The average molecular weight is 486 g/mol. The number of carbonyl (C=O) groups excluding carboxylic acids is 3. The van der Waals surface area contributed by atoms with Crippen LogP contribution >= 0.6 is 0 Å². The van der Waals surface area contributed by atoms with Crippen LogP contribution in [-0.4, -0.2) is 56.4 Å². The second kappa shape index (κ2) is 9.94. The number of fused-ring (bicyclic) bond motifs is 1. The number of benzene rings is 2. The molecule has 10 heteroatoms. The summed E-state index contributed by atoms with van der Waals surface area (Å²) in [5, 5.41) is 2.73. The number of methoxy groups -OCH3 is 1. The van der Waals surface area contributed by atoms with Gasteiger partial charge in [0.2, 0.25) is 21.8 Å². The molecule has 0 unspecified atom stereocenters. The fourth-order valence-electron chi connectivity index (χ4n) is 4.18. The molecule has 0 saturated carbocycles. The zero-order chi connectivity index (χ0) is 24.3. The van der Waals surface area contributed by atoms with Gasteiger partial charge in [-0.25, -0.2) is 8.42 Å². The van der Waals surface area contributed by atoms with Crippen LogP contribution in [0.25, 0.3) is 0 Å². The Hall–Kier alpha value is -3.24. The van der Waals surface area contributed by atoms with E-state index in [1.165, 1.54) is 4.31 Å². The lowest BCUT2D eigenvalue weighted by molar-refractivity contribution is -0.121. The number of ether oxygens (including phenoxy) is 1. The maximum atomic E-state index is 12.8. The molecule has 2 heterocycles. The highest BCUT2D eigenvalue weighted by atomic mass is 32.2. The second-order valence-electron chi connectivity index (χ2n) is 8.31. The first kappa shape index (κ1) is 23.9. The quantitative estimate of drug-likeness (QED) is 0.451. The first-order valence-corrected chi connectivity index (χ1v) is 12.8. The molecule has 0 aromatic heterocycles. The number of carbonyl (C=O) groups is 3. The minimum Gasteiger partial charge on any atom is -0.497 e. The van der Waals surface area contributed by atoms with Crippen LogP contribution in [0.2, 0.25) is 0 Å². The van der Waals surface area contributed by atoms with Crippen molar-refractivity contribution in [2.45, 2.75) is 32.2 Å². The third-order valence-corrected chi connectivity index (χ3v) is 7.99. The van der Waals surface area contributed by atoms with Gasteiger partial charge in [0.15, 0.2) is 0 Å². The Bertz CT molecular complexity index is 1190. The molecule has 34 heavy (non-hydrogen) atoms. The van der Waals surface area contributed by atoms with E-state index in [1.807, 2.05) is 18.2 Å². The Morgan fingerprint density at radius 2 is 1.71 bits per heavy atom. The van der Waals surface area contributed by atoms with E-state index in [9.17, 15) is 22.8 Å². The van der Waals surface area contributed by atoms with Gasteiger partial charge in [-0.15, -0.1) is 0 Å². The highest BCUT2D eigenvalue weighted by molar-refractivity contribution is 7.89. The monoisotopic (exact) mass is 485 g/mol. The summed E-state index contributed by atoms with van der Waals surface area (Å²) in [5.41, 5.74) is 2.89. The number of imide groups is 1. The minimum absolute atomic E-state index is 0.0586. The highest BCUT2D eigenvalue weighted by Gasteiger charge is 2.30. The summed E-state index contributed by atoms with van der Waals surface area (Å²) in [6.07, 6.45) is 1.31. The molecule has 2 aromatic rings. The zero-order valence-electron chi connectivity index (χ0n) is 19.0. The Labute approximate surface area is 198 Å². The van der Waals surface area contributed by atoms with Gasteiger partial charge in [0.25, 0.3) is 5.91 Å². The van der Waals surface area contributed by atoms with Crippen molar-refractivity contribution >= 4 is 33.4 Å². The highest BCUT2D eigenvalue weighted by Crippen LogP contribution is 2.26. The molecule has 0 aliphatic carbocycles. The number of hydrogen-bond donors (Lipinski definition) is 1. The van der Waals surface area contributed by atoms with E-state index in [-0.39, 0.29) is 49.3 Å². The summed E-state index contributed by atoms with van der Waals surface area (Å²) in [4.78, 5) is 37.2. The molecule has 0 bridgehead atoms. The molecule has 2 aliphatic heterocycles. The standard InChI is InChI=1S/C24H27N3O6S/c1-33-21-8-5-19-16-26(13-11-18(19)15-21)34(31,32)14-2-12-25-24(30)17-3-6-20(7-4-17)27-22(28)9-10-23(27)29/h3-8,15H,2,9-14,16H2,1H3,(H,25,30). The van der Waals surface area contributed by atoms with Gasteiger partial charge >= 0.3 is 0 Å². The van der Waals surface area contributed by atoms with E-state index in [0.717, 1.165) is 21.8 Å². The zero-order valence-corrected chi connectivity index (χ0v) is 19.8. The molecule has 1 N–H and O–H groups in total. The smallest absolute Gasteiger partial charge is 0.251 e. The van der Waals surface area contributed by atoms with Crippen LogP contribution in [0.1, 0.15) is 40.7 Å². The van der Waals surface area contributed by atoms with Crippen molar-refractivity contribution in [1.29, 1.82) is 0 Å². The third-order valence-electron chi connectivity index (χ3n) is 6.09. The lowest BCUT2D eigenvalue weighted by atomic mass is 10.0. The molecule has 0 atom stereocenters. The second-order valence-corrected chi connectivity index (χ2v) is 10.4. The van der Waals surface area contributed by atoms with E-state index in [4.69, 9.17) is 4.74 Å². The van der Waals surface area contributed by atoms with Crippen LogP contribution in [0.5, 0.6) is 5.75 Å². The van der Waals surface area contributed by atoms with Gasteiger partial charge in [-0.1, -0.05) is 6.07 Å². The Morgan fingerprint density at radius 3 is 2.38 bits per heavy atom. The summed E-state index contributed by atoms with van der Waals surface area (Å²) >= 11 is 0. The largest absolute Gasteiger partial charge is 0.497 e. The predicted octanol–water partition coefficient (Wildman–Crippen LogP) is 1.86. The van der Waals surface area contributed by atoms with Gasteiger partial charge in [-0.2, -0.15) is 4.31 Å². The number of nitrogens with one attached hydrogen (secondary N) is 1. The van der Waals surface area contributed by atoms with Gasteiger partial charge in [-0.3, -0.25) is 19.3 Å². The third kappa shape index (κ3) is 5.13. The van der Waals surface area contributed by atoms with Crippen LogP contribution in [0.15, 0.2) is 42.5 Å². The Kier molecular flexibility index (Phi) is 6.99. The van der Waals surface area contributed by atoms with Crippen LogP contribution in [-0.2, 0) is 32.6 Å². The number of amides is 3. The van der Waals surface area contributed by atoms with E-state index < -0.39 is 10.0 Å². The van der Waals surface area contributed by atoms with E-state index in [2.05, 4.69) is 5.32 Å². The number of anilines is 1. The number of nitrogens with zero attached hydrogens (tertiary/aromatic N) is 2. The van der Waals surface area contributed by atoms with Crippen molar-refractivity contribution in [2.24, 2.45) is 0 Å². The molecule has 0 spiro atoms. The normalized spacial score (nSPS) is 16.4. The molecule has 3 amide bonds. The number of sulfonamides is 1. The first-order chi connectivity index (χ1) is 16.3. The molecule has 2 aromatic carbocycles. The Morgan fingerprint density at radius 1 is 1.00 bits per heavy atom. The molecule has 1 fully saturated rings. The van der Waals surface area contributed by atoms with Crippen LogP contribution in [0.4, 0.5) is 5.69 Å². The molecule has 2 aliphatic rings. The molecule has 4 rings (SSSR count). The predicted molar refractivity (Wildman–Crippen MR) is 126 cm³/mol. The van der Waals surface area contributed by atoms with E-state index >= 15 is 0 Å². The minimum atomic E-state index is -3.45. The molecule has 9 nitrogen and oxygen atoms in total. The SMILES string of the molecule is COc1ccc2c(c1)CCN(S(=O)(=O)CCCNC(=O)c1ccc(N3C(=O)CCC3=O)cc1)C2. The average Bonchev–Trinajstić information content (AvgIpc) is 3.18.